The lowest BCUT2D eigenvalue weighted by Crippen LogP contribution is -2.30. The molecule has 2 aromatic heterocycles. The maximum Gasteiger partial charge on any atom is 0.327 e. The molecule has 1 saturated heterocycles. The molecule has 1 aliphatic rings. The largest absolute Gasteiger partial charge is 0.373 e. The topological polar surface area (TPSA) is 234 Å². The highest BCUT2D eigenvalue weighted by molar-refractivity contribution is 7.52. The second-order valence-electron chi connectivity index (χ2n) is 7.08. The van der Waals surface area contributed by atoms with Gasteiger partial charge in [-0.15, -0.1) is 0 Å². The molecule has 1 unspecified atom stereocenters. The summed E-state index contributed by atoms with van der Waals surface area (Å²) in [6.07, 6.45) is -0.956. The molecule has 31 heavy (non-hydrogen) atoms. The Bertz CT molecular complexity index is 1120. The number of nitrogen functional groups attached to an aromatic ring is 1. The second-order valence-corrected chi connectivity index (χ2v) is 10.6. The minimum absolute atomic E-state index is 0.00413. The predicted octanol–water partition coefficient (Wildman–Crippen LogP) is -1.78. The number of anilines is 1. The number of fused-ring (bicyclic) bond motifs is 1. The van der Waals surface area contributed by atoms with E-state index in [1.54, 1.807) is 0 Å². The van der Waals surface area contributed by atoms with Gasteiger partial charge in [0.15, 0.2) is 11.2 Å². The predicted molar refractivity (Wildman–Crippen MR) is 106 cm³/mol. The van der Waals surface area contributed by atoms with E-state index in [4.69, 9.17) is 30.0 Å². The minimum atomic E-state index is -4.36. The molecule has 1 amide bonds. The number of nitrogens with zero attached hydrogens (tertiary/aromatic N) is 4. The Morgan fingerprint density at radius 3 is 2.55 bits per heavy atom. The molecule has 7 N–H and O–H groups in total. The third-order valence-corrected chi connectivity index (χ3v) is 6.30. The van der Waals surface area contributed by atoms with Crippen molar-refractivity contribution in [2.24, 2.45) is 0 Å². The fourth-order valence-electron chi connectivity index (χ4n) is 3.30. The first-order valence-corrected chi connectivity index (χ1v) is 12.6. The van der Waals surface area contributed by atoms with Crippen molar-refractivity contribution >= 4 is 38.2 Å². The normalized spacial score (nSPS) is 19.9. The molecule has 0 bridgehead atoms. The zero-order valence-electron chi connectivity index (χ0n) is 16.1. The average molecular weight is 480 g/mol. The van der Waals surface area contributed by atoms with Gasteiger partial charge in [0, 0.05) is 19.5 Å². The first kappa shape index (κ1) is 23.5. The van der Waals surface area contributed by atoms with Crippen molar-refractivity contribution < 1.29 is 38.2 Å². The maximum atomic E-state index is 12.4. The Morgan fingerprint density at radius 2 is 1.90 bits per heavy atom. The van der Waals surface area contributed by atoms with Crippen LogP contribution in [0.3, 0.4) is 0 Å². The van der Waals surface area contributed by atoms with Gasteiger partial charge in [-0.25, -0.2) is 4.98 Å². The Labute approximate surface area is 174 Å². The van der Waals surface area contributed by atoms with Gasteiger partial charge < -0.3 is 39.5 Å². The van der Waals surface area contributed by atoms with Crippen LogP contribution in [0.2, 0.25) is 0 Å². The third-order valence-electron chi connectivity index (χ3n) is 4.73. The number of nitrogens with two attached hydrogens (primary N) is 1. The molecular weight excluding hydrogens is 458 g/mol. The van der Waals surface area contributed by atoms with Gasteiger partial charge >= 0.3 is 15.2 Å². The molecule has 0 spiro atoms. The molecule has 172 valence electrons. The van der Waals surface area contributed by atoms with Crippen LogP contribution < -0.4 is 11.3 Å². The SMILES string of the molecule is Nc1nc2c(ncn2C2CN(C(=O)CCP(=O)(O)O)C[C@@H]2OCCP(=O)(O)O)c(=O)[nH]1. The van der Waals surface area contributed by atoms with Crippen LogP contribution in [0.4, 0.5) is 5.95 Å². The lowest BCUT2D eigenvalue weighted by Gasteiger charge is -2.20. The van der Waals surface area contributed by atoms with Crippen molar-refractivity contribution in [3.05, 3.63) is 16.7 Å². The van der Waals surface area contributed by atoms with E-state index in [9.17, 15) is 18.7 Å². The van der Waals surface area contributed by atoms with Crippen molar-refractivity contribution in [3.63, 3.8) is 0 Å². The maximum absolute atomic E-state index is 12.4. The van der Waals surface area contributed by atoms with Gasteiger partial charge in [-0.3, -0.25) is 23.7 Å². The number of likely N-dealkylation sites (tertiary alicyclic amines) is 1. The molecule has 15 nitrogen and oxygen atoms in total. The zero-order valence-corrected chi connectivity index (χ0v) is 17.9. The number of aromatic amines is 1. The standard InChI is InChI=1S/C14H22N6O9P2/c15-14-17-12-11(13(22)18-14)16-7-20(12)8-5-19(10(21)1-3-30(23,24)25)6-9(8)29-2-4-31(26,27)28/h7-9H,1-6H2,(H2,23,24,25)(H2,26,27,28)(H3,15,17,18,22)/t8?,9-/m0/s1. The van der Waals surface area contributed by atoms with Gasteiger partial charge in [0.1, 0.15) is 0 Å². The van der Waals surface area contributed by atoms with Crippen LogP contribution in [0, 0.1) is 0 Å². The number of nitrogens with one attached hydrogen (secondary N) is 1. The van der Waals surface area contributed by atoms with Gasteiger partial charge in [0.2, 0.25) is 11.9 Å². The van der Waals surface area contributed by atoms with Crippen LogP contribution in [0.5, 0.6) is 0 Å². The summed E-state index contributed by atoms with van der Waals surface area (Å²) in [7, 11) is -8.66. The van der Waals surface area contributed by atoms with Crippen molar-refractivity contribution in [2.75, 3.05) is 37.8 Å². The van der Waals surface area contributed by atoms with Crippen LogP contribution >= 0.6 is 15.2 Å². The van der Waals surface area contributed by atoms with Crippen molar-refractivity contribution in [1.29, 1.82) is 0 Å². The molecule has 1 aliphatic heterocycles. The molecule has 1 fully saturated rings. The highest BCUT2D eigenvalue weighted by Gasteiger charge is 2.38. The fraction of sp³-hybridized carbons (Fsp3) is 0.571. The molecule has 3 heterocycles. The Balaban J connectivity index is 1.86. The van der Waals surface area contributed by atoms with Gasteiger partial charge in [0.25, 0.3) is 5.56 Å². The Morgan fingerprint density at radius 1 is 1.23 bits per heavy atom. The molecular formula is C14H22N6O9P2. The van der Waals surface area contributed by atoms with E-state index in [0.717, 1.165) is 0 Å². The van der Waals surface area contributed by atoms with E-state index in [1.165, 1.54) is 15.8 Å². The lowest BCUT2D eigenvalue weighted by atomic mass is 10.2. The Kier molecular flexibility index (Phi) is 6.67. The summed E-state index contributed by atoms with van der Waals surface area (Å²) < 4.78 is 29.3. The van der Waals surface area contributed by atoms with E-state index in [0.29, 0.717) is 0 Å². The van der Waals surface area contributed by atoms with Crippen molar-refractivity contribution in [1.82, 2.24) is 24.4 Å². The highest BCUT2D eigenvalue weighted by Crippen LogP contribution is 2.36. The molecule has 0 aromatic carbocycles. The van der Waals surface area contributed by atoms with E-state index in [1.807, 2.05) is 0 Å². The molecule has 0 aliphatic carbocycles. The number of carbonyl (C=O) groups is 1. The number of amides is 1. The van der Waals surface area contributed by atoms with Gasteiger partial charge in [0.05, 0.1) is 37.4 Å². The molecule has 2 aromatic rings. The minimum Gasteiger partial charge on any atom is -0.373 e. The molecule has 0 saturated carbocycles. The van der Waals surface area contributed by atoms with Crippen LogP contribution in [0.1, 0.15) is 12.5 Å². The van der Waals surface area contributed by atoms with Gasteiger partial charge in [-0.2, -0.15) is 4.98 Å². The van der Waals surface area contributed by atoms with Crippen molar-refractivity contribution in [2.45, 2.75) is 18.6 Å². The van der Waals surface area contributed by atoms with Crippen LogP contribution in [-0.2, 0) is 18.7 Å². The molecule has 0 radical (unpaired) electrons. The third kappa shape index (κ3) is 5.98. The van der Waals surface area contributed by atoms with Crippen LogP contribution in [-0.4, -0.2) is 88.0 Å². The fourth-order valence-corrected chi connectivity index (χ4v) is 4.13. The number of H-pyrrole nitrogens is 1. The van der Waals surface area contributed by atoms with E-state index >= 15 is 0 Å². The van der Waals surface area contributed by atoms with E-state index in [2.05, 4.69) is 15.0 Å². The summed E-state index contributed by atoms with van der Waals surface area (Å²) in [4.78, 5) is 72.3. The monoisotopic (exact) mass is 480 g/mol. The number of aromatic nitrogens is 4. The number of hydrogen-bond donors (Lipinski definition) is 6. The molecule has 17 heteroatoms. The lowest BCUT2D eigenvalue weighted by molar-refractivity contribution is -0.130. The summed E-state index contributed by atoms with van der Waals surface area (Å²) in [6.45, 7) is -0.247. The van der Waals surface area contributed by atoms with Crippen LogP contribution in [0.15, 0.2) is 11.1 Å². The number of rotatable bonds is 8. The number of imidazole rings is 1. The first-order valence-electron chi connectivity index (χ1n) is 9.05. The summed E-state index contributed by atoms with van der Waals surface area (Å²) in [6, 6.07) is -0.630. The van der Waals surface area contributed by atoms with Crippen molar-refractivity contribution in [3.8, 4) is 0 Å². The van der Waals surface area contributed by atoms with Crippen LogP contribution in [0.25, 0.3) is 11.2 Å². The van der Waals surface area contributed by atoms with Gasteiger partial charge in [-0.1, -0.05) is 0 Å². The first-order chi connectivity index (χ1) is 14.3. The number of carbonyl (C=O) groups excluding carboxylic acids is 1. The Hall–Kier alpha value is -2.12. The van der Waals surface area contributed by atoms with Gasteiger partial charge in [-0.05, 0) is 0 Å². The molecule has 2 atom stereocenters. The quantitative estimate of drug-likeness (QED) is 0.230. The van der Waals surface area contributed by atoms with E-state index in [-0.39, 0.29) is 43.2 Å². The summed E-state index contributed by atoms with van der Waals surface area (Å²) in [5.41, 5.74) is 5.19. The summed E-state index contributed by atoms with van der Waals surface area (Å²) in [5.74, 6) is -0.671. The smallest absolute Gasteiger partial charge is 0.327 e. The number of ether oxygens (including phenoxy) is 1. The zero-order chi connectivity index (χ0) is 23.0. The summed E-state index contributed by atoms with van der Waals surface area (Å²) >= 11 is 0. The molecule has 3 rings (SSSR count). The second kappa shape index (κ2) is 8.79. The summed E-state index contributed by atoms with van der Waals surface area (Å²) in [5, 5.41) is 0. The number of hydrogen-bond acceptors (Lipinski definition) is 8. The van der Waals surface area contributed by atoms with E-state index < -0.39 is 51.1 Å². The average Bonchev–Trinajstić information content (AvgIpc) is 3.22. The highest BCUT2D eigenvalue weighted by atomic mass is 31.2.